The number of hydrogen-bond donors (Lipinski definition) is 2. The van der Waals surface area contributed by atoms with Crippen LogP contribution >= 0.6 is 0 Å². The van der Waals surface area contributed by atoms with Crippen molar-refractivity contribution in [1.82, 2.24) is 9.88 Å². The van der Waals surface area contributed by atoms with Gasteiger partial charge in [0, 0.05) is 24.9 Å². The van der Waals surface area contributed by atoms with Crippen molar-refractivity contribution >= 4 is 11.9 Å². The minimum absolute atomic E-state index is 0.0241. The molecule has 0 fully saturated rings. The Morgan fingerprint density at radius 1 is 1.31 bits per heavy atom. The minimum atomic E-state index is -1.03. The van der Waals surface area contributed by atoms with Crippen LogP contribution < -0.4 is 5.32 Å². The number of carboxylic acids is 1. The summed E-state index contributed by atoms with van der Waals surface area (Å²) in [6.45, 7) is 3.35. The summed E-state index contributed by atoms with van der Waals surface area (Å²) in [4.78, 5) is 22.0. The second-order valence-electron chi connectivity index (χ2n) is 3.81. The zero-order valence-corrected chi connectivity index (χ0v) is 9.38. The van der Waals surface area contributed by atoms with E-state index in [2.05, 4.69) is 5.32 Å². The van der Waals surface area contributed by atoms with Crippen LogP contribution in [0.2, 0.25) is 0 Å². The van der Waals surface area contributed by atoms with Crippen LogP contribution in [0.4, 0.5) is 0 Å². The Bertz CT molecular complexity index is 359. The van der Waals surface area contributed by atoms with Crippen molar-refractivity contribution in [3.05, 3.63) is 24.5 Å². The Labute approximate surface area is 94.1 Å². The van der Waals surface area contributed by atoms with Gasteiger partial charge in [0.25, 0.3) is 0 Å². The average Bonchev–Trinajstić information content (AvgIpc) is 2.69. The monoisotopic (exact) mass is 224 g/mol. The Balaban J connectivity index is 2.43. The zero-order valence-electron chi connectivity index (χ0n) is 9.38. The van der Waals surface area contributed by atoms with E-state index in [1.165, 1.54) is 6.92 Å². The third-order valence-electron chi connectivity index (χ3n) is 2.37. The van der Waals surface area contributed by atoms with Gasteiger partial charge in [0.1, 0.15) is 6.04 Å². The van der Waals surface area contributed by atoms with Crippen molar-refractivity contribution in [2.45, 2.75) is 32.4 Å². The fourth-order valence-corrected chi connectivity index (χ4v) is 1.38. The second-order valence-corrected chi connectivity index (χ2v) is 3.81. The number of nitrogens with one attached hydrogen (secondary N) is 1. The number of aliphatic carboxylic acids is 1. The molecule has 0 aliphatic rings. The lowest BCUT2D eigenvalue weighted by molar-refractivity contribution is -0.141. The average molecular weight is 224 g/mol. The van der Waals surface area contributed by atoms with Crippen LogP contribution in [0.25, 0.3) is 0 Å². The fraction of sp³-hybridized carbons (Fsp3) is 0.455. The molecule has 1 heterocycles. The van der Waals surface area contributed by atoms with Crippen molar-refractivity contribution in [1.29, 1.82) is 0 Å². The smallest absolute Gasteiger partial charge is 0.325 e. The molecule has 0 spiro atoms. The molecule has 88 valence electrons. The Morgan fingerprint density at radius 2 is 1.88 bits per heavy atom. The number of aromatic nitrogens is 1. The highest BCUT2D eigenvalue weighted by atomic mass is 16.4. The van der Waals surface area contributed by atoms with E-state index in [1.807, 2.05) is 36.0 Å². The Hall–Kier alpha value is -1.78. The van der Waals surface area contributed by atoms with Gasteiger partial charge in [-0.25, -0.2) is 0 Å². The summed E-state index contributed by atoms with van der Waals surface area (Å²) in [6.07, 6.45) is 4.02. The zero-order chi connectivity index (χ0) is 12.1. The van der Waals surface area contributed by atoms with Crippen LogP contribution in [0.15, 0.2) is 24.5 Å². The first-order valence-corrected chi connectivity index (χ1v) is 5.15. The molecule has 0 aliphatic heterocycles. The minimum Gasteiger partial charge on any atom is -0.480 e. The number of amides is 1. The number of rotatable bonds is 5. The predicted molar refractivity (Wildman–Crippen MR) is 59.0 cm³/mol. The van der Waals surface area contributed by atoms with Crippen LogP contribution in [0.1, 0.15) is 26.3 Å². The number of hydrogen-bond acceptors (Lipinski definition) is 2. The van der Waals surface area contributed by atoms with E-state index in [0.29, 0.717) is 0 Å². The van der Waals surface area contributed by atoms with Crippen molar-refractivity contribution in [3.63, 3.8) is 0 Å². The maximum Gasteiger partial charge on any atom is 0.325 e. The summed E-state index contributed by atoms with van der Waals surface area (Å²) in [6, 6.07) is 2.95. The van der Waals surface area contributed by atoms with Crippen LogP contribution in [-0.2, 0) is 9.59 Å². The van der Waals surface area contributed by atoms with Gasteiger partial charge in [0.2, 0.25) is 5.91 Å². The van der Waals surface area contributed by atoms with Gasteiger partial charge in [-0.2, -0.15) is 0 Å². The molecule has 2 N–H and O–H groups in total. The first kappa shape index (κ1) is 12.3. The molecule has 1 aromatic rings. The lowest BCUT2D eigenvalue weighted by atomic mass is 10.2. The van der Waals surface area contributed by atoms with Gasteiger partial charge in [0.05, 0.1) is 0 Å². The molecular weight excluding hydrogens is 208 g/mol. The summed E-state index contributed by atoms with van der Waals surface area (Å²) >= 11 is 0. The molecule has 0 saturated heterocycles. The quantitative estimate of drug-likeness (QED) is 0.784. The summed E-state index contributed by atoms with van der Waals surface area (Å²) < 4.78 is 1.91. The van der Waals surface area contributed by atoms with E-state index < -0.39 is 12.0 Å². The number of nitrogens with zero attached hydrogens (tertiary/aromatic N) is 1. The normalized spacial score (nSPS) is 14.1. The van der Waals surface area contributed by atoms with E-state index in [4.69, 9.17) is 5.11 Å². The summed E-state index contributed by atoms with van der Waals surface area (Å²) in [7, 11) is 0. The molecule has 1 aromatic heterocycles. The molecule has 0 aromatic carbocycles. The number of carbonyl (C=O) groups excluding carboxylic acids is 1. The largest absolute Gasteiger partial charge is 0.480 e. The van der Waals surface area contributed by atoms with Crippen LogP contribution in [0, 0.1) is 0 Å². The van der Waals surface area contributed by atoms with Gasteiger partial charge >= 0.3 is 5.97 Å². The summed E-state index contributed by atoms with van der Waals surface area (Å²) in [5.74, 6) is -1.28. The summed E-state index contributed by atoms with van der Waals surface area (Å²) in [5, 5.41) is 11.0. The molecule has 0 aliphatic carbocycles. The lowest BCUT2D eigenvalue weighted by Gasteiger charge is -2.15. The predicted octanol–water partition coefficient (Wildman–Crippen LogP) is 1.03. The highest BCUT2D eigenvalue weighted by Gasteiger charge is 2.16. The van der Waals surface area contributed by atoms with E-state index in [1.54, 1.807) is 0 Å². The van der Waals surface area contributed by atoms with Crippen LogP contribution in [0.3, 0.4) is 0 Å². The molecule has 0 saturated carbocycles. The van der Waals surface area contributed by atoms with E-state index in [9.17, 15) is 9.59 Å². The molecule has 5 heteroatoms. The van der Waals surface area contributed by atoms with Crippen LogP contribution in [-0.4, -0.2) is 27.6 Å². The van der Waals surface area contributed by atoms with Gasteiger partial charge in [-0.1, -0.05) is 0 Å². The van der Waals surface area contributed by atoms with Crippen molar-refractivity contribution in [2.24, 2.45) is 0 Å². The lowest BCUT2D eigenvalue weighted by Crippen LogP contribution is -2.39. The summed E-state index contributed by atoms with van der Waals surface area (Å²) in [5.41, 5.74) is 0. The van der Waals surface area contributed by atoms with Gasteiger partial charge in [-0.15, -0.1) is 0 Å². The third-order valence-corrected chi connectivity index (χ3v) is 2.37. The fourth-order valence-electron chi connectivity index (χ4n) is 1.38. The molecule has 5 nitrogen and oxygen atoms in total. The molecule has 2 atom stereocenters. The maximum atomic E-state index is 11.5. The molecule has 0 radical (unpaired) electrons. The van der Waals surface area contributed by atoms with Crippen molar-refractivity contribution in [2.75, 3.05) is 0 Å². The third kappa shape index (κ3) is 3.42. The van der Waals surface area contributed by atoms with Gasteiger partial charge in [-0.3, -0.25) is 9.59 Å². The van der Waals surface area contributed by atoms with Gasteiger partial charge in [0.15, 0.2) is 0 Å². The van der Waals surface area contributed by atoms with Gasteiger partial charge < -0.3 is 15.0 Å². The molecule has 0 bridgehead atoms. The molecule has 1 rings (SSSR count). The highest BCUT2D eigenvalue weighted by Crippen LogP contribution is 2.10. The molecule has 1 amide bonds. The second kappa shape index (κ2) is 5.34. The van der Waals surface area contributed by atoms with E-state index >= 15 is 0 Å². The first-order valence-electron chi connectivity index (χ1n) is 5.15. The Kier molecular flexibility index (Phi) is 4.10. The molecule has 16 heavy (non-hydrogen) atoms. The topological polar surface area (TPSA) is 71.3 Å². The number of carbonyl (C=O) groups is 2. The van der Waals surface area contributed by atoms with E-state index in [0.717, 1.165) is 0 Å². The maximum absolute atomic E-state index is 11.5. The van der Waals surface area contributed by atoms with Crippen molar-refractivity contribution in [3.8, 4) is 0 Å². The van der Waals surface area contributed by atoms with E-state index in [-0.39, 0.29) is 18.4 Å². The SMILES string of the molecule is CC(CC(=O)N[C@@H](C)C(=O)O)n1cccc1. The van der Waals surface area contributed by atoms with Gasteiger partial charge in [-0.05, 0) is 26.0 Å². The van der Waals surface area contributed by atoms with Crippen molar-refractivity contribution < 1.29 is 14.7 Å². The Morgan fingerprint density at radius 3 is 2.38 bits per heavy atom. The number of carboxylic acid groups (broad SMARTS) is 1. The molecular formula is C11H16N2O3. The highest BCUT2D eigenvalue weighted by molar-refractivity contribution is 5.83. The first-order chi connectivity index (χ1) is 7.50. The molecule has 1 unspecified atom stereocenters. The standard InChI is InChI=1S/C11H16N2O3/c1-8(13-5-3-4-6-13)7-10(14)12-9(2)11(15)16/h3-6,8-9H,7H2,1-2H3,(H,12,14)(H,15,16)/t8?,9-/m0/s1. The van der Waals surface area contributed by atoms with Crippen LogP contribution in [0.5, 0.6) is 0 Å².